The summed E-state index contributed by atoms with van der Waals surface area (Å²) in [4.78, 5) is 25.1. The third-order valence-electron chi connectivity index (χ3n) is 5.99. The highest BCUT2D eigenvalue weighted by Crippen LogP contribution is 2.53. The van der Waals surface area contributed by atoms with Crippen molar-refractivity contribution in [2.24, 2.45) is 5.41 Å². The fourth-order valence-electron chi connectivity index (χ4n) is 4.54. The molecule has 6 heteroatoms. The second-order valence-corrected chi connectivity index (χ2v) is 7.81. The predicted octanol–water partition coefficient (Wildman–Crippen LogP) is 4.16. The Labute approximate surface area is 172 Å². The first kappa shape index (κ1) is 21.8. The summed E-state index contributed by atoms with van der Waals surface area (Å²) in [5.74, 6) is -1.32. The summed E-state index contributed by atoms with van der Waals surface area (Å²) < 4.78 is 22.8. The van der Waals surface area contributed by atoms with Crippen LogP contribution in [-0.4, -0.2) is 37.5 Å². The number of esters is 2. The van der Waals surface area contributed by atoms with E-state index in [0.29, 0.717) is 58.3 Å². The van der Waals surface area contributed by atoms with Crippen LogP contribution in [-0.2, 0) is 35.1 Å². The third kappa shape index (κ3) is 4.98. The van der Waals surface area contributed by atoms with Gasteiger partial charge in [-0.2, -0.15) is 0 Å². The molecule has 0 radical (unpaired) electrons. The maximum Gasteiger partial charge on any atom is 0.317 e. The molecule has 1 spiro atoms. The van der Waals surface area contributed by atoms with Gasteiger partial charge in [0.1, 0.15) is 12.0 Å². The van der Waals surface area contributed by atoms with Gasteiger partial charge in [-0.1, -0.05) is 43.2 Å². The van der Waals surface area contributed by atoms with Crippen LogP contribution in [0, 0.1) is 5.41 Å². The molecule has 1 aliphatic carbocycles. The molecule has 1 saturated heterocycles. The third-order valence-corrected chi connectivity index (χ3v) is 5.99. The van der Waals surface area contributed by atoms with Gasteiger partial charge in [0.25, 0.3) is 0 Å². The van der Waals surface area contributed by atoms with Crippen molar-refractivity contribution in [3.8, 4) is 0 Å². The summed E-state index contributed by atoms with van der Waals surface area (Å²) in [5, 5.41) is 0. The summed E-state index contributed by atoms with van der Waals surface area (Å²) in [6.45, 7) is 3.46. The molecule has 6 nitrogen and oxygen atoms in total. The average Bonchev–Trinajstić information content (AvgIpc) is 3.21. The Morgan fingerprint density at radius 1 is 1.00 bits per heavy atom. The number of ether oxygens (including phenoxy) is 4. The second-order valence-electron chi connectivity index (χ2n) is 7.81. The highest BCUT2D eigenvalue weighted by atomic mass is 16.7. The van der Waals surface area contributed by atoms with Crippen LogP contribution in [0.5, 0.6) is 0 Å². The quantitative estimate of drug-likeness (QED) is 0.455. The lowest BCUT2D eigenvalue weighted by Crippen LogP contribution is -2.56. The Morgan fingerprint density at radius 2 is 1.72 bits per heavy atom. The molecule has 1 aromatic rings. The minimum absolute atomic E-state index is 0.217. The van der Waals surface area contributed by atoms with E-state index in [1.54, 1.807) is 0 Å². The van der Waals surface area contributed by atoms with E-state index in [9.17, 15) is 9.59 Å². The molecule has 2 aliphatic rings. The maximum absolute atomic E-state index is 13.0. The molecule has 0 N–H and O–H groups in total. The van der Waals surface area contributed by atoms with Crippen LogP contribution in [0.1, 0.15) is 63.9 Å². The predicted molar refractivity (Wildman–Crippen MR) is 107 cm³/mol. The lowest BCUT2D eigenvalue weighted by atomic mass is 9.66. The van der Waals surface area contributed by atoms with E-state index in [-0.39, 0.29) is 18.5 Å². The summed E-state index contributed by atoms with van der Waals surface area (Å²) in [7, 11) is 0. The zero-order chi connectivity index (χ0) is 20.6. The maximum atomic E-state index is 13.0. The van der Waals surface area contributed by atoms with E-state index in [1.165, 1.54) is 0 Å². The van der Waals surface area contributed by atoms with Gasteiger partial charge < -0.3 is 18.9 Å². The molecular formula is C23H32O6. The topological polar surface area (TPSA) is 71.1 Å². The van der Waals surface area contributed by atoms with Crippen molar-refractivity contribution in [3.63, 3.8) is 0 Å². The minimum Gasteiger partial charge on any atom is -0.465 e. The van der Waals surface area contributed by atoms with Crippen LogP contribution < -0.4 is 0 Å². The smallest absolute Gasteiger partial charge is 0.317 e. The van der Waals surface area contributed by atoms with E-state index in [1.807, 2.05) is 37.3 Å². The monoisotopic (exact) mass is 404 g/mol. The van der Waals surface area contributed by atoms with Crippen molar-refractivity contribution < 1.29 is 28.5 Å². The summed E-state index contributed by atoms with van der Waals surface area (Å²) in [6.07, 6.45) is 5.64. The fourth-order valence-corrected chi connectivity index (χ4v) is 4.54. The van der Waals surface area contributed by atoms with E-state index in [2.05, 4.69) is 0 Å². The average molecular weight is 405 g/mol. The van der Waals surface area contributed by atoms with Gasteiger partial charge in [-0.3, -0.25) is 9.59 Å². The molecule has 0 unspecified atom stereocenters. The van der Waals surface area contributed by atoms with E-state index in [4.69, 9.17) is 18.9 Å². The van der Waals surface area contributed by atoms with Gasteiger partial charge in [0.15, 0.2) is 5.79 Å². The number of hydrogen-bond acceptors (Lipinski definition) is 6. The van der Waals surface area contributed by atoms with E-state index >= 15 is 0 Å². The molecule has 160 valence electrons. The largest absolute Gasteiger partial charge is 0.465 e. The van der Waals surface area contributed by atoms with Crippen LogP contribution in [0.15, 0.2) is 30.3 Å². The fraction of sp³-hybridized carbons (Fsp3) is 0.652. The highest BCUT2D eigenvalue weighted by molar-refractivity contribution is 5.78. The Kier molecular flexibility index (Phi) is 7.67. The first-order valence-corrected chi connectivity index (χ1v) is 10.8. The SMILES string of the molecule is CCOC(=O)[C@@]1(CCCCC(=O)OCc2ccccc2)CCCCC12OCCO2. The molecule has 1 atom stereocenters. The molecule has 1 aliphatic heterocycles. The number of rotatable bonds is 9. The Balaban J connectivity index is 1.53. The molecule has 0 aromatic heterocycles. The number of benzene rings is 1. The lowest BCUT2D eigenvalue weighted by molar-refractivity contribution is -0.261. The molecular weight excluding hydrogens is 372 g/mol. The van der Waals surface area contributed by atoms with Gasteiger partial charge in [0.05, 0.1) is 19.8 Å². The van der Waals surface area contributed by atoms with Crippen molar-refractivity contribution >= 4 is 11.9 Å². The van der Waals surface area contributed by atoms with E-state index in [0.717, 1.165) is 18.4 Å². The molecule has 0 bridgehead atoms. The molecule has 1 heterocycles. The standard InChI is InChI=1S/C23H32O6/c1-2-26-21(25)22(14-8-9-15-23(22)28-16-17-29-23)13-7-6-12-20(24)27-18-19-10-4-3-5-11-19/h3-5,10-11H,2,6-9,12-18H2,1H3/t22-/m1/s1. The number of carbonyl (C=O) groups is 2. The zero-order valence-electron chi connectivity index (χ0n) is 17.3. The van der Waals surface area contributed by atoms with Crippen LogP contribution >= 0.6 is 0 Å². The van der Waals surface area contributed by atoms with Crippen molar-refractivity contribution in [3.05, 3.63) is 35.9 Å². The summed E-state index contributed by atoms with van der Waals surface area (Å²) >= 11 is 0. The Morgan fingerprint density at radius 3 is 2.45 bits per heavy atom. The van der Waals surface area contributed by atoms with Crippen LogP contribution in [0.3, 0.4) is 0 Å². The molecule has 0 amide bonds. The van der Waals surface area contributed by atoms with Gasteiger partial charge in [0, 0.05) is 12.8 Å². The van der Waals surface area contributed by atoms with Crippen molar-refractivity contribution in [1.29, 1.82) is 0 Å². The number of carbonyl (C=O) groups excluding carboxylic acids is 2. The van der Waals surface area contributed by atoms with Crippen LogP contribution in [0.25, 0.3) is 0 Å². The van der Waals surface area contributed by atoms with Gasteiger partial charge >= 0.3 is 11.9 Å². The van der Waals surface area contributed by atoms with Gasteiger partial charge in [0.2, 0.25) is 0 Å². The van der Waals surface area contributed by atoms with Crippen molar-refractivity contribution in [2.75, 3.05) is 19.8 Å². The molecule has 2 fully saturated rings. The minimum atomic E-state index is -0.870. The molecule has 3 rings (SSSR count). The van der Waals surface area contributed by atoms with E-state index < -0.39 is 11.2 Å². The molecule has 29 heavy (non-hydrogen) atoms. The van der Waals surface area contributed by atoms with Crippen molar-refractivity contribution in [1.82, 2.24) is 0 Å². The highest BCUT2D eigenvalue weighted by Gasteiger charge is 2.61. The Bertz CT molecular complexity index is 667. The Hall–Kier alpha value is -1.92. The van der Waals surface area contributed by atoms with Crippen LogP contribution in [0.2, 0.25) is 0 Å². The summed E-state index contributed by atoms with van der Waals surface area (Å²) in [5.41, 5.74) is 0.188. The molecule has 1 aromatic carbocycles. The zero-order valence-corrected chi connectivity index (χ0v) is 17.3. The summed E-state index contributed by atoms with van der Waals surface area (Å²) in [6, 6.07) is 9.64. The van der Waals surface area contributed by atoms with Crippen molar-refractivity contribution in [2.45, 2.75) is 70.7 Å². The second kappa shape index (κ2) is 10.2. The number of unbranched alkanes of at least 4 members (excludes halogenated alkanes) is 1. The first-order chi connectivity index (χ1) is 14.1. The van der Waals surface area contributed by atoms with Crippen LogP contribution in [0.4, 0.5) is 0 Å². The van der Waals surface area contributed by atoms with Gasteiger partial charge in [-0.05, 0) is 38.2 Å². The molecule has 1 saturated carbocycles. The number of hydrogen-bond donors (Lipinski definition) is 0. The van der Waals surface area contributed by atoms with Gasteiger partial charge in [-0.15, -0.1) is 0 Å². The normalized spacial score (nSPS) is 23.1. The first-order valence-electron chi connectivity index (χ1n) is 10.8. The van der Waals surface area contributed by atoms with Gasteiger partial charge in [-0.25, -0.2) is 0 Å². The lowest BCUT2D eigenvalue weighted by Gasteiger charge is -2.48.